The molecule has 1 aliphatic rings. The van der Waals surface area contributed by atoms with Gasteiger partial charge in [0.05, 0.1) is 10.8 Å². The maximum absolute atomic E-state index is 12.7. The zero-order valence-electron chi connectivity index (χ0n) is 18.4. The SMILES string of the molecule is CC(C)(c1ccccc1)c1ccc(OC(=O)[C@@H]2CC(=O)N(c3ccc([N+](=O)[O-])cc3)C2)cc1. The zero-order valence-corrected chi connectivity index (χ0v) is 18.4. The lowest BCUT2D eigenvalue weighted by Crippen LogP contribution is -2.27. The van der Waals surface area contributed by atoms with Crippen molar-refractivity contribution >= 4 is 23.3 Å². The van der Waals surface area contributed by atoms with Gasteiger partial charge in [-0.3, -0.25) is 19.7 Å². The molecule has 3 aromatic rings. The Balaban J connectivity index is 1.41. The number of benzene rings is 3. The van der Waals surface area contributed by atoms with Crippen LogP contribution in [0.3, 0.4) is 0 Å². The number of carbonyl (C=O) groups excluding carboxylic acids is 2. The highest BCUT2D eigenvalue weighted by Gasteiger charge is 2.36. The van der Waals surface area contributed by atoms with Crippen LogP contribution >= 0.6 is 0 Å². The van der Waals surface area contributed by atoms with Gasteiger partial charge >= 0.3 is 5.97 Å². The van der Waals surface area contributed by atoms with Gasteiger partial charge in [0.15, 0.2) is 0 Å². The van der Waals surface area contributed by atoms with Crippen molar-refractivity contribution in [2.24, 2.45) is 5.92 Å². The van der Waals surface area contributed by atoms with Crippen LogP contribution in [0.5, 0.6) is 5.75 Å². The molecule has 0 unspecified atom stereocenters. The van der Waals surface area contributed by atoms with E-state index in [0.29, 0.717) is 11.4 Å². The van der Waals surface area contributed by atoms with E-state index in [1.54, 1.807) is 12.1 Å². The van der Waals surface area contributed by atoms with Crippen LogP contribution in [-0.2, 0) is 15.0 Å². The third kappa shape index (κ3) is 4.62. The van der Waals surface area contributed by atoms with Gasteiger partial charge in [0.1, 0.15) is 5.75 Å². The average Bonchev–Trinajstić information content (AvgIpc) is 3.22. The van der Waals surface area contributed by atoms with Gasteiger partial charge in [-0.1, -0.05) is 56.3 Å². The highest BCUT2D eigenvalue weighted by atomic mass is 16.6. The Morgan fingerprint density at radius 2 is 1.58 bits per heavy atom. The van der Waals surface area contributed by atoms with Gasteiger partial charge in [-0.25, -0.2) is 0 Å². The molecule has 3 aromatic carbocycles. The number of esters is 1. The molecule has 0 N–H and O–H groups in total. The van der Waals surface area contributed by atoms with Crippen molar-refractivity contribution in [1.29, 1.82) is 0 Å². The Bertz CT molecular complexity index is 1170. The molecule has 1 saturated heterocycles. The molecule has 1 amide bonds. The zero-order chi connectivity index (χ0) is 23.6. The van der Waals surface area contributed by atoms with E-state index in [2.05, 4.69) is 26.0 Å². The summed E-state index contributed by atoms with van der Waals surface area (Å²) in [5.74, 6) is -0.865. The predicted molar refractivity (Wildman–Crippen MR) is 124 cm³/mol. The van der Waals surface area contributed by atoms with Crippen LogP contribution in [0.4, 0.5) is 11.4 Å². The first-order chi connectivity index (χ1) is 15.8. The lowest BCUT2D eigenvalue weighted by Gasteiger charge is -2.26. The third-order valence-corrected chi connectivity index (χ3v) is 6.12. The molecule has 7 nitrogen and oxygen atoms in total. The molecule has 1 atom stereocenters. The lowest BCUT2D eigenvalue weighted by molar-refractivity contribution is -0.384. The van der Waals surface area contributed by atoms with Crippen LogP contribution in [-0.4, -0.2) is 23.3 Å². The van der Waals surface area contributed by atoms with Crippen molar-refractivity contribution in [1.82, 2.24) is 0 Å². The minimum Gasteiger partial charge on any atom is -0.426 e. The quantitative estimate of drug-likeness (QED) is 0.234. The normalized spacial score (nSPS) is 16.0. The highest BCUT2D eigenvalue weighted by Crippen LogP contribution is 2.33. The van der Waals surface area contributed by atoms with Crippen LogP contribution < -0.4 is 9.64 Å². The Kier molecular flexibility index (Phi) is 5.96. The molecule has 0 bridgehead atoms. The molecule has 0 aromatic heterocycles. The molecule has 7 heteroatoms. The number of nitro groups is 1. The van der Waals surface area contributed by atoms with Gasteiger partial charge in [0, 0.05) is 36.2 Å². The van der Waals surface area contributed by atoms with Gasteiger partial charge in [-0.2, -0.15) is 0 Å². The molecule has 168 valence electrons. The summed E-state index contributed by atoms with van der Waals surface area (Å²) in [6.45, 7) is 4.45. The Morgan fingerprint density at radius 3 is 2.18 bits per heavy atom. The highest BCUT2D eigenvalue weighted by molar-refractivity contribution is 5.99. The average molecular weight is 444 g/mol. The maximum Gasteiger partial charge on any atom is 0.316 e. The van der Waals surface area contributed by atoms with E-state index >= 15 is 0 Å². The summed E-state index contributed by atoms with van der Waals surface area (Å²) in [6.07, 6.45) is 0.0366. The second-order valence-corrected chi connectivity index (χ2v) is 8.62. The summed E-state index contributed by atoms with van der Waals surface area (Å²) >= 11 is 0. The number of nitrogens with zero attached hydrogens (tertiary/aromatic N) is 2. The fourth-order valence-corrected chi connectivity index (χ4v) is 4.03. The standard InChI is InChI=1S/C26H24N2O5/c1-26(2,19-6-4-3-5-7-19)20-8-14-23(15-9-20)33-25(30)18-16-24(29)27(17-18)21-10-12-22(13-11-21)28(31)32/h3-15,18H,16-17H2,1-2H3/t18-/m1/s1. The van der Waals surface area contributed by atoms with Crippen molar-refractivity contribution in [2.45, 2.75) is 25.7 Å². The number of hydrogen-bond donors (Lipinski definition) is 0. The first-order valence-electron chi connectivity index (χ1n) is 10.7. The van der Waals surface area contributed by atoms with E-state index in [-0.39, 0.29) is 30.0 Å². The van der Waals surface area contributed by atoms with Crippen LogP contribution in [0.15, 0.2) is 78.9 Å². The van der Waals surface area contributed by atoms with E-state index in [0.717, 1.165) is 5.56 Å². The molecule has 0 radical (unpaired) electrons. The van der Waals surface area contributed by atoms with Crippen LogP contribution in [0, 0.1) is 16.0 Å². The second-order valence-electron chi connectivity index (χ2n) is 8.62. The number of rotatable bonds is 6. The minimum absolute atomic E-state index is 0.0366. The predicted octanol–water partition coefficient (Wildman–Crippen LogP) is 4.88. The van der Waals surface area contributed by atoms with Crippen molar-refractivity contribution in [3.8, 4) is 5.75 Å². The van der Waals surface area contributed by atoms with Gasteiger partial charge in [0.25, 0.3) is 5.69 Å². The molecule has 1 fully saturated rings. The van der Waals surface area contributed by atoms with Crippen molar-refractivity contribution in [3.63, 3.8) is 0 Å². The number of anilines is 1. The van der Waals surface area contributed by atoms with Crippen LogP contribution in [0.1, 0.15) is 31.4 Å². The van der Waals surface area contributed by atoms with Crippen LogP contribution in [0.25, 0.3) is 0 Å². The van der Waals surface area contributed by atoms with Gasteiger partial charge in [-0.15, -0.1) is 0 Å². The molecule has 1 heterocycles. The van der Waals surface area contributed by atoms with E-state index in [1.807, 2.05) is 30.3 Å². The Hall–Kier alpha value is -4.00. The third-order valence-electron chi connectivity index (χ3n) is 6.12. The number of carbonyl (C=O) groups is 2. The summed E-state index contributed by atoms with van der Waals surface area (Å²) < 4.78 is 5.55. The van der Waals surface area contributed by atoms with Gasteiger partial charge < -0.3 is 9.64 Å². The maximum atomic E-state index is 12.7. The summed E-state index contributed by atoms with van der Waals surface area (Å²) in [5.41, 5.74) is 2.54. The van der Waals surface area contributed by atoms with Gasteiger partial charge in [0.2, 0.25) is 5.91 Å². The fraction of sp³-hybridized carbons (Fsp3) is 0.231. The first kappa shape index (κ1) is 22.2. The number of nitro benzene ring substituents is 1. The van der Waals surface area contributed by atoms with Crippen molar-refractivity contribution in [3.05, 3.63) is 100 Å². The van der Waals surface area contributed by atoms with Gasteiger partial charge in [-0.05, 0) is 35.4 Å². The monoisotopic (exact) mass is 444 g/mol. The smallest absolute Gasteiger partial charge is 0.316 e. The topological polar surface area (TPSA) is 89.8 Å². The molecular formula is C26H24N2O5. The lowest BCUT2D eigenvalue weighted by atomic mass is 9.78. The van der Waals surface area contributed by atoms with E-state index < -0.39 is 16.8 Å². The summed E-state index contributed by atoms with van der Waals surface area (Å²) in [7, 11) is 0. The molecule has 0 saturated carbocycles. The minimum atomic E-state index is -0.604. The molecule has 0 aliphatic carbocycles. The summed E-state index contributed by atoms with van der Waals surface area (Å²) in [6, 6.07) is 23.3. The molecule has 1 aliphatic heterocycles. The van der Waals surface area contributed by atoms with E-state index in [9.17, 15) is 19.7 Å². The first-order valence-corrected chi connectivity index (χ1v) is 10.7. The second kappa shape index (κ2) is 8.86. The van der Waals surface area contributed by atoms with E-state index in [4.69, 9.17) is 4.74 Å². The van der Waals surface area contributed by atoms with Crippen LogP contribution in [0.2, 0.25) is 0 Å². The van der Waals surface area contributed by atoms with E-state index in [1.165, 1.54) is 34.7 Å². The Morgan fingerprint density at radius 1 is 0.970 bits per heavy atom. The molecular weight excluding hydrogens is 420 g/mol. The van der Waals surface area contributed by atoms with Crippen molar-refractivity contribution < 1.29 is 19.2 Å². The summed E-state index contributed by atoms with van der Waals surface area (Å²) in [4.78, 5) is 36.9. The number of hydrogen-bond acceptors (Lipinski definition) is 5. The van der Waals surface area contributed by atoms with Crippen molar-refractivity contribution in [2.75, 3.05) is 11.4 Å². The number of non-ortho nitro benzene ring substituents is 1. The summed E-state index contributed by atoms with van der Waals surface area (Å²) in [5, 5.41) is 10.8. The fourth-order valence-electron chi connectivity index (χ4n) is 4.03. The number of amides is 1. The Labute approximate surface area is 191 Å². The molecule has 4 rings (SSSR count). The molecule has 0 spiro atoms. The molecule has 33 heavy (non-hydrogen) atoms. The number of ether oxygens (including phenoxy) is 1. The largest absolute Gasteiger partial charge is 0.426 e.